The smallest absolute Gasteiger partial charge is 0.328 e. The topological polar surface area (TPSA) is 102 Å². The van der Waals surface area contributed by atoms with Crippen LogP contribution < -0.4 is 10.6 Å². The van der Waals surface area contributed by atoms with Crippen molar-refractivity contribution in [3.8, 4) is 0 Å². The van der Waals surface area contributed by atoms with Crippen molar-refractivity contribution >= 4 is 28.7 Å². The number of para-hydroxylation sites is 1. The number of hydrogen-bond acceptors (Lipinski definition) is 5. The summed E-state index contributed by atoms with van der Waals surface area (Å²) in [4.78, 5) is 35.8. The second-order valence-electron chi connectivity index (χ2n) is 6.41. The third-order valence-corrected chi connectivity index (χ3v) is 3.82. The van der Waals surface area contributed by atoms with Crippen molar-refractivity contribution in [2.75, 3.05) is 13.7 Å². The third-order valence-electron chi connectivity index (χ3n) is 3.82. The number of rotatable bonds is 8. The molecule has 2 rings (SSSR count). The van der Waals surface area contributed by atoms with E-state index < -0.39 is 17.9 Å². The first kappa shape index (κ1) is 19.4. The summed E-state index contributed by atoms with van der Waals surface area (Å²) in [6, 6.07) is 6.82. The molecular weight excluding hydrogens is 336 g/mol. The lowest BCUT2D eigenvalue weighted by atomic mass is 10.0. The van der Waals surface area contributed by atoms with E-state index in [0.29, 0.717) is 6.42 Å². The predicted molar refractivity (Wildman–Crippen MR) is 96.1 cm³/mol. The molecule has 0 spiro atoms. The van der Waals surface area contributed by atoms with Crippen molar-refractivity contribution in [2.24, 2.45) is 5.92 Å². The lowest BCUT2D eigenvalue weighted by molar-refractivity contribution is -0.145. The molecule has 0 radical (unpaired) electrons. The highest BCUT2D eigenvalue weighted by Crippen LogP contribution is 2.12. The largest absolute Gasteiger partial charge is 0.467 e. The van der Waals surface area contributed by atoms with Gasteiger partial charge >= 0.3 is 5.97 Å². The second-order valence-corrected chi connectivity index (χ2v) is 6.41. The molecule has 1 aromatic heterocycles. The molecule has 2 aromatic rings. The van der Waals surface area contributed by atoms with E-state index in [-0.39, 0.29) is 24.9 Å². The van der Waals surface area contributed by atoms with E-state index in [4.69, 9.17) is 4.74 Å². The fraction of sp³-hybridized carbons (Fsp3) is 0.444. The summed E-state index contributed by atoms with van der Waals surface area (Å²) in [6.07, 6.45) is 2.15. The Hall–Kier alpha value is -2.90. The molecule has 0 aliphatic carbocycles. The number of aromatic nitrogens is 2. The first-order valence-corrected chi connectivity index (χ1v) is 8.45. The van der Waals surface area contributed by atoms with Crippen LogP contribution in [0.3, 0.4) is 0 Å². The maximum absolute atomic E-state index is 12.1. The Balaban J connectivity index is 1.86. The number of benzene rings is 1. The van der Waals surface area contributed by atoms with Crippen LogP contribution in [0.25, 0.3) is 10.9 Å². The summed E-state index contributed by atoms with van der Waals surface area (Å²) >= 11 is 0. The van der Waals surface area contributed by atoms with Gasteiger partial charge in [-0.15, -0.1) is 0 Å². The van der Waals surface area contributed by atoms with Crippen LogP contribution in [0.1, 0.15) is 20.3 Å². The van der Waals surface area contributed by atoms with Gasteiger partial charge in [-0.05, 0) is 18.4 Å². The van der Waals surface area contributed by atoms with Crippen LogP contribution in [-0.4, -0.2) is 47.3 Å². The molecule has 2 amide bonds. The SMILES string of the molecule is COC(=O)[C@H](CC(C)C)NC(=O)CNC(=O)Cn1ncc2ccccc21. The van der Waals surface area contributed by atoms with E-state index >= 15 is 0 Å². The van der Waals surface area contributed by atoms with Crippen molar-refractivity contribution in [1.82, 2.24) is 20.4 Å². The standard InChI is InChI=1S/C18H24N4O4/c1-12(2)8-14(18(25)26-3)21-16(23)10-19-17(24)11-22-15-7-5-4-6-13(15)9-20-22/h4-7,9,12,14H,8,10-11H2,1-3H3,(H,19,24)(H,21,23)/t14-/m0/s1. The summed E-state index contributed by atoms with van der Waals surface area (Å²) in [5.41, 5.74) is 0.842. The fourth-order valence-corrected chi connectivity index (χ4v) is 2.60. The summed E-state index contributed by atoms with van der Waals surface area (Å²) in [6.45, 7) is 3.67. The summed E-state index contributed by atoms with van der Waals surface area (Å²) in [7, 11) is 1.28. The zero-order chi connectivity index (χ0) is 19.1. The Bertz CT molecular complexity index is 784. The summed E-state index contributed by atoms with van der Waals surface area (Å²) < 4.78 is 6.27. The number of amides is 2. The van der Waals surface area contributed by atoms with Crippen molar-refractivity contribution in [3.63, 3.8) is 0 Å². The number of carbonyl (C=O) groups is 3. The van der Waals surface area contributed by atoms with Crippen molar-refractivity contribution in [1.29, 1.82) is 0 Å². The number of hydrogen-bond donors (Lipinski definition) is 2. The van der Waals surface area contributed by atoms with Gasteiger partial charge in [0.25, 0.3) is 0 Å². The van der Waals surface area contributed by atoms with Crippen molar-refractivity contribution < 1.29 is 19.1 Å². The number of nitrogens with zero attached hydrogens (tertiary/aromatic N) is 2. The molecule has 8 heteroatoms. The van der Waals surface area contributed by atoms with E-state index in [2.05, 4.69) is 15.7 Å². The lowest BCUT2D eigenvalue weighted by Gasteiger charge is -2.18. The minimum absolute atomic E-state index is 0.00716. The number of carbonyl (C=O) groups excluding carboxylic acids is 3. The number of ether oxygens (including phenoxy) is 1. The second kappa shape index (κ2) is 8.98. The monoisotopic (exact) mass is 360 g/mol. The van der Waals surface area contributed by atoms with E-state index in [1.54, 1.807) is 10.9 Å². The molecule has 0 aliphatic rings. The maximum Gasteiger partial charge on any atom is 0.328 e. The van der Waals surface area contributed by atoms with Crippen molar-refractivity contribution in [2.45, 2.75) is 32.9 Å². The fourth-order valence-electron chi connectivity index (χ4n) is 2.60. The Morgan fingerprint density at radius 1 is 1.19 bits per heavy atom. The highest BCUT2D eigenvalue weighted by molar-refractivity contribution is 5.88. The quantitative estimate of drug-likeness (QED) is 0.680. The van der Waals surface area contributed by atoms with Crippen LogP contribution in [0.15, 0.2) is 30.5 Å². The molecule has 0 bridgehead atoms. The highest BCUT2D eigenvalue weighted by atomic mass is 16.5. The molecule has 0 unspecified atom stereocenters. The first-order valence-electron chi connectivity index (χ1n) is 8.45. The lowest BCUT2D eigenvalue weighted by Crippen LogP contribution is -2.46. The summed E-state index contributed by atoms with van der Waals surface area (Å²) in [5.74, 6) is -1.07. The Labute approximate surface area is 151 Å². The molecule has 8 nitrogen and oxygen atoms in total. The van der Waals surface area contributed by atoms with Gasteiger partial charge in [-0.2, -0.15) is 5.10 Å². The zero-order valence-corrected chi connectivity index (χ0v) is 15.2. The highest BCUT2D eigenvalue weighted by Gasteiger charge is 2.22. The normalized spacial score (nSPS) is 12.0. The summed E-state index contributed by atoms with van der Waals surface area (Å²) in [5, 5.41) is 10.2. The molecule has 0 saturated heterocycles. The van der Waals surface area contributed by atoms with Gasteiger partial charge in [0.2, 0.25) is 11.8 Å². The minimum atomic E-state index is -0.723. The Morgan fingerprint density at radius 3 is 2.62 bits per heavy atom. The average Bonchev–Trinajstić information content (AvgIpc) is 3.01. The van der Waals surface area contributed by atoms with Gasteiger partial charge in [-0.3, -0.25) is 14.3 Å². The molecule has 2 N–H and O–H groups in total. The van der Waals surface area contributed by atoms with Crippen LogP contribution in [0.5, 0.6) is 0 Å². The third kappa shape index (κ3) is 5.30. The van der Waals surface area contributed by atoms with E-state index in [0.717, 1.165) is 10.9 Å². The van der Waals surface area contributed by atoms with Gasteiger partial charge < -0.3 is 15.4 Å². The maximum atomic E-state index is 12.1. The van der Waals surface area contributed by atoms with Crippen LogP contribution in [0, 0.1) is 5.92 Å². The van der Waals surface area contributed by atoms with E-state index in [9.17, 15) is 14.4 Å². The van der Waals surface area contributed by atoms with Gasteiger partial charge in [0.15, 0.2) is 0 Å². The first-order chi connectivity index (χ1) is 12.4. The van der Waals surface area contributed by atoms with Crippen molar-refractivity contribution in [3.05, 3.63) is 30.5 Å². The molecule has 1 heterocycles. The number of esters is 1. The molecule has 1 aromatic carbocycles. The molecule has 0 saturated carbocycles. The number of nitrogens with one attached hydrogen (secondary N) is 2. The van der Waals surface area contributed by atoms with Crippen LogP contribution in [0.2, 0.25) is 0 Å². The van der Waals surface area contributed by atoms with Gasteiger partial charge in [0.05, 0.1) is 25.4 Å². The Kier molecular flexibility index (Phi) is 6.71. The number of methoxy groups -OCH3 is 1. The van der Waals surface area contributed by atoms with Gasteiger partial charge in [0.1, 0.15) is 12.6 Å². The average molecular weight is 360 g/mol. The van der Waals surface area contributed by atoms with Gasteiger partial charge in [-0.25, -0.2) is 4.79 Å². The molecule has 0 fully saturated rings. The molecule has 140 valence electrons. The molecule has 26 heavy (non-hydrogen) atoms. The predicted octanol–water partition coefficient (Wildman–Crippen LogP) is 0.856. The Morgan fingerprint density at radius 2 is 1.92 bits per heavy atom. The number of fused-ring (bicyclic) bond motifs is 1. The van der Waals surface area contributed by atoms with Gasteiger partial charge in [-0.1, -0.05) is 32.0 Å². The molecular formula is C18H24N4O4. The van der Waals surface area contributed by atoms with Crippen LogP contribution in [0.4, 0.5) is 0 Å². The minimum Gasteiger partial charge on any atom is -0.467 e. The van der Waals surface area contributed by atoms with Crippen LogP contribution >= 0.6 is 0 Å². The van der Waals surface area contributed by atoms with Gasteiger partial charge in [0, 0.05) is 5.39 Å². The molecule has 0 aliphatic heterocycles. The van der Waals surface area contributed by atoms with Crippen LogP contribution in [-0.2, 0) is 25.7 Å². The zero-order valence-electron chi connectivity index (χ0n) is 15.2. The van der Waals surface area contributed by atoms with E-state index in [1.807, 2.05) is 38.1 Å². The van der Waals surface area contributed by atoms with E-state index in [1.165, 1.54) is 7.11 Å². The molecule has 1 atom stereocenters.